The van der Waals surface area contributed by atoms with Crippen LogP contribution in [0.2, 0.25) is 0 Å². The summed E-state index contributed by atoms with van der Waals surface area (Å²) in [5.41, 5.74) is 6.57. The number of aliphatic hydroxyl groups is 1. The maximum absolute atomic E-state index is 9.94. The molecule has 1 aromatic carbocycles. The van der Waals surface area contributed by atoms with E-state index in [-0.39, 0.29) is 6.02 Å². The zero-order chi connectivity index (χ0) is 11.1. The second-order valence-corrected chi connectivity index (χ2v) is 3.42. The van der Waals surface area contributed by atoms with Crippen LogP contribution < -0.4 is 10.5 Å². The number of benzene rings is 1. The van der Waals surface area contributed by atoms with Crippen molar-refractivity contribution in [1.82, 2.24) is 0 Å². The summed E-state index contributed by atoms with van der Waals surface area (Å²) in [6.45, 7) is 1.51. The Bertz CT molecular complexity index is 427. The van der Waals surface area contributed by atoms with Gasteiger partial charge in [0.2, 0.25) is 5.79 Å². The van der Waals surface area contributed by atoms with E-state index in [0.29, 0.717) is 17.0 Å². The highest BCUT2D eigenvalue weighted by Gasteiger charge is 2.32. The molecule has 80 valence electrons. The third kappa shape index (κ3) is 1.61. The minimum atomic E-state index is -1.44. The molecule has 0 saturated heterocycles. The lowest BCUT2D eigenvalue weighted by Gasteiger charge is -2.29. The Kier molecular flexibility index (Phi) is 2.04. The van der Waals surface area contributed by atoms with Gasteiger partial charge in [-0.1, -0.05) is 0 Å². The van der Waals surface area contributed by atoms with Crippen molar-refractivity contribution in [3.05, 3.63) is 23.8 Å². The van der Waals surface area contributed by atoms with Crippen LogP contribution in [0.1, 0.15) is 12.5 Å². The van der Waals surface area contributed by atoms with Crippen LogP contribution in [0.3, 0.4) is 0 Å². The summed E-state index contributed by atoms with van der Waals surface area (Å²) in [6.07, 6.45) is 0. The second-order valence-electron chi connectivity index (χ2n) is 3.42. The topological polar surface area (TPSA) is 77.1 Å². The molecular formula is C10H12N2O3. The number of amidine groups is 1. The van der Waals surface area contributed by atoms with Crippen molar-refractivity contribution in [2.45, 2.75) is 12.7 Å². The number of aliphatic imine (C=N–C) groups is 1. The van der Waals surface area contributed by atoms with Gasteiger partial charge >= 0.3 is 0 Å². The molecule has 0 aliphatic carbocycles. The molecule has 1 atom stereocenters. The monoisotopic (exact) mass is 208 g/mol. The Balaban J connectivity index is 2.57. The van der Waals surface area contributed by atoms with Crippen molar-refractivity contribution in [3.63, 3.8) is 0 Å². The van der Waals surface area contributed by atoms with Gasteiger partial charge < -0.3 is 20.3 Å². The van der Waals surface area contributed by atoms with Gasteiger partial charge in [0, 0.05) is 18.6 Å². The molecule has 0 amide bonds. The molecule has 1 aliphatic rings. The van der Waals surface area contributed by atoms with Gasteiger partial charge in [0.25, 0.3) is 6.02 Å². The Hall–Kier alpha value is -1.75. The molecule has 0 saturated carbocycles. The Morgan fingerprint density at radius 3 is 2.93 bits per heavy atom. The summed E-state index contributed by atoms with van der Waals surface area (Å²) in [4.78, 5) is 3.98. The van der Waals surface area contributed by atoms with Crippen LogP contribution in [0.25, 0.3) is 0 Å². The Morgan fingerprint density at radius 2 is 2.27 bits per heavy atom. The van der Waals surface area contributed by atoms with Gasteiger partial charge in [-0.3, -0.25) is 0 Å². The normalized spacial score (nSPS) is 23.8. The molecule has 5 heteroatoms. The molecule has 0 radical (unpaired) electrons. The number of hydrogen-bond donors (Lipinski definition) is 2. The molecule has 15 heavy (non-hydrogen) atoms. The minimum absolute atomic E-state index is 0.0549. The van der Waals surface area contributed by atoms with Gasteiger partial charge in [0.1, 0.15) is 5.75 Å². The van der Waals surface area contributed by atoms with E-state index in [1.807, 2.05) is 0 Å². The molecule has 0 bridgehead atoms. The Morgan fingerprint density at radius 1 is 1.53 bits per heavy atom. The van der Waals surface area contributed by atoms with E-state index < -0.39 is 5.79 Å². The predicted octanol–water partition coefficient (Wildman–Crippen LogP) is 0.837. The average Bonchev–Trinajstić information content (AvgIpc) is 2.15. The SMILES string of the molecule is COc1ccc2c(c1)N=C(N)OC2(C)O. The van der Waals surface area contributed by atoms with Gasteiger partial charge in [-0.25, -0.2) is 0 Å². The number of hydrogen-bond acceptors (Lipinski definition) is 5. The van der Waals surface area contributed by atoms with Gasteiger partial charge in [-0.05, 0) is 12.1 Å². The van der Waals surface area contributed by atoms with Crippen LogP contribution in [0, 0.1) is 0 Å². The molecule has 1 aliphatic heterocycles. The average molecular weight is 208 g/mol. The van der Waals surface area contributed by atoms with Crippen LogP contribution in [0.4, 0.5) is 5.69 Å². The number of rotatable bonds is 1. The first-order valence-corrected chi connectivity index (χ1v) is 4.47. The van der Waals surface area contributed by atoms with E-state index in [9.17, 15) is 5.11 Å². The molecule has 2 rings (SSSR count). The third-order valence-electron chi connectivity index (χ3n) is 2.24. The van der Waals surface area contributed by atoms with Gasteiger partial charge in [-0.15, -0.1) is 0 Å². The quantitative estimate of drug-likeness (QED) is 0.716. The van der Waals surface area contributed by atoms with Crippen molar-refractivity contribution in [2.75, 3.05) is 7.11 Å². The van der Waals surface area contributed by atoms with Crippen LogP contribution in [0.15, 0.2) is 23.2 Å². The van der Waals surface area contributed by atoms with E-state index in [0.717, 1.165) is 0 Å². The van der Waals surface area contributed by atoms with E-state index >= 15 is 0 Å². The summed E-state index contributed by atoms with van der Waals surface area (Å²) in [7, 11) is 1.56. The highest BCUT2D eigenvalue weighted by molar-refractivity contribution is 5.79. The Labute approximate surface area is 87.1 Å². The lowest BCUT2D eigenvalue weighted by Crippen LogP contribution is -2.35. The van der Waals surface area contributed by atoms with Crippen molar-refractivity contribution in [2.24, 2.45) is 10.7 Å². The fourth-order valence-electron chi connectivity index (χ4n) is 1.52. The largest absolute Gasteiger partial charge is 0.497 e. The number of methoxy groups -OCH3 is 1. The van der Waals surface area contributed by atoms with E-state index in [1.54, 1.807) is 25.3 Å². The van der Waals surface area contributed by atoms with Gasteiger partial charge in [0.15, 0.2) is 0 Å². The minimum Gasteiger partial charge on any atom is -0.497 e. The molecule has 0 fully saturated rings. The van der Waals surface area contributed by atoms with E-state index in [1.165, 1.54) is 6.92 Å². The molecule has 1 aromatic rings. The maximum Gasteiger partial charge on any atom is 0.290 e. The van der Waals surface area contributed by atoms with Crippen LogP contribution in [-0.2, 0) is 10.5 Å². The van der Waals surface area contributed by atoms with E-state index in [4.69, 9.17) is 15.2 Å². The summed E-state index contributed by atoms with van der Waals surface area (Å²) >= 11 is 0. The molecule has 1 unspecified atom stereocenters. The van der Waals surface area contributed by atoms with E-state index in [2.05, 4.69) is 4.99 Å². The fourth-order valence-corrected chi connectivity index (χ4v) is 1.52. The van der Waals surface area contributed by atoms with Crippen LogP contribution in [-0.4, -0.2) is 18.2 Å². The predicted molar refractivity (Wildman–Crippen MR) is 54.9 cm³/mol. The highest BCUT2D eigenvalue weighted by atomic mass is 16.6. The van der Waals surface area contributed by atoms with Crippen molar-refractivity contribution >= 4 is 11.7 Å². The standard InChI is InChI=1S/C10H12N2O3/c1-10(13)7-4-3-6(14-2)5-8(7)12-9(11)15-10/h3-5,13H,1-2H3,(H2,11,12). The highest BCUT2D eigenvalue weighted by Crippen LogP contribution is 2.36. The number of ether oxygens (including phenoxy) is 2. The van der Waals surface area contributed by atoms with Crippen molar-refractivity contribution in [1.29, 1.82) is 0 Å². The van der Waals surface area contributed by atoms with Crippen LogP contribution in [0.5, 0.6) is 5.75 Å². The zero-order valence-electron chi connectivity index (χ0n) is 8.52. The smallest absolute Gasteiger partial charge is 0.290 e. The van der Waals surface area contributed by atoms with Crippen molar-refractivity contribution in [3.8, 4) is 5.75 Å². The first-order valence-electron chi connectivity index (χ1n) is 4.47. The lowest BCUT2D eigenvalue weighted by atomic mass is 10.0. The lowest BCUT2D eigenvalue weighted by molar-refractivity contribution is -0.142. The number of nitrogens with two attached hydrogens (primary N) is 1. The van der Waals surface area contributed by atoms with Gasteiger partial charge in [0.05, 0.1) is 12.8 Å². The number of nitrogens with zero attached hydrogens (tertiary/aromatic N) is 1. The zero-order valence-corrected chi connectivity index (χ0v) is 8.52. The fraction of sp³-hybridized carbons (Fsp3) is 0.300. The molecule has 1 heterocycles. The maximum atomic E-state index is 9.94. The summed E-state index contributed by atoms with van der Waals surface area (Å²) in [5, 5.41) is 9.94. The third-order valence-corrected chi connectivity index (χ3v) is 2.24. The molecule has 0 spiro atoms. The molecule has 3 N–H and O–H groups in total. The number of fused-ring (bicyclic) bond motifs is 1. The summed E-state index contributed by atoms with van der Waals surface area (Å²) in [6, 6.07) is 5.07. The molecule has 5 nitrogen and oxygen atoms in total. The molecule has 0 aromatic heterocycles. The van der Waals surface area contributed by atoms with Crippen LogP contribution >= 0.6 is 0 Å². The second kappa shape index (κ2) is 3.13. The van der Waals surface area contributed by atoms with Gasteiger partial charge in [-0.2, -0.15) is 4.99 Å². The summed E-state index contributed by atoms with van der Waals surface area (Å²) in [5.74, 6) is -0.782. The molecular weight excluding hydrogens is 196 g/mol. The summed E-state index contributed by atoms with van der Waals surface area (Å²) < 4.78 is 10.1. The van der Waals surface area contributed by atoms with Crippen molar-refractivity contribution < 1.29 is 14.6 Å². The first-order chi connectivity index (χ1) is 7.03. The first kappa shape index (κ1) is 9.79.